The maximum Gasteiger partial charge on any atom is 0.323 e. The maximum absolute atomic E-state index is 12.4. The Labute approximate surface area is 466 Å². The topological polar surface area (TPSA) is 227 Å². The van der Waals surface area contributed by atoms with Crippen molar-refractivity contribution < 1.29 is 48.2 Å². The monoisotopic (exact) mass is 1100 g/mol. The minimum absolute atomic E-state index is 0.0607. The first-order valence-corrected chi connectivity index (χ1v) is 26.1. The molecule has 412 valence electrons. The van der Waals surface area contributed by atoms with Crippen molar-refractivity contribution >= 4 is 41.4 Å². The van der Waals surface area contributed by atoms with Crippen molar-refractivity contribution in [3.63, 3.8) is 0 Å². The Morgan fingerprint density at radius 1 is 0.628 bits per heavy atom. The summed E-state index contributed by atoms with van der Waals surface area (Å²) in [4.78, 5) is 33.2. The molecule has 6 aromatic rings. The highest BCUT2D eigenvalue weighted by molar-refractivity contribution is 6.32. The van der Waals surface area contributed by atoms with E-state index in [1.807, 2.05) is 91.8 Å². The Morgan fingerprint density at radius 3 is 1.46 bits per heavy atom. The SMILES string of the molecule is Cc1c(COc2cc(OCc3cncc(C#N)c3)c(CN[C@H](C(=O)O)[C@@H](C)OC(C)(C)C)cc2Cl)cccc1-c1cccc(COc2cc(OCc3cncc(C=N)c3)c(CN[C@H](C(=O)O)[C@@H](C)OC(C)(C)C)cc2Cl)c1C. The molecule has 0 aliphatic rings. The van der Waals surface area contributed by atoms with Gasteiger partial charge < -0.3 is 44.0 Å². The summed E-state index contributed by atoms with van der Waals surface area (Å²) in [6.07, 6.45) is 6.17. The molecule has 4 aromatic carbocycles. The number of hydrogen-bond donors (Lipinski definition) is 5. The van der Waals surface area contributed by atoms with Crippen LogP contribution in [-0.2, 0) is 58.6 Å². The van der Waals surface area contributed by atoms with E-state index in [1.165, 1.54) is 12.4 Å². The van der Waals surface area contributed by atoms with Gasteiger partial charge in [0.25, 0.3) is 0 Å². The Kier molecular flexibility index (Phi) is 20.8. The van der Waals surface area contributed by atoms with Gasteiger partial charge in [0, 0.05) is 84.0 Å². The number of rotatable bonds is 26. The molecular weight excluding hydrogens is 1040 g/mol. The van der Waals surface area contributed by atoms with Gasteiger partial charge in [-0.1, -0.05) is 59.6 Å². The number of carbonyl (C=O) groups is 2. The van der Waals surface area contributed by atoms with Gasteiger partial charge in [0.2, 0.25) is 0 Å². The molecule has 2 aromatic heterocycles. The van der Waals surface area contributed by atoms with Crippen LogP contribution in [0, 0.1) is 30.6 Å². The van der Waals surface area contributed by atoms with E-state index in [0.717, 1.165) is 38.9 Å². The third kappa shape index (κ3) is 16.9. The van der Waals surface area contributed by atoms with Gasteiger partial charge in [-0.15, -0.1) is 0 Å². The smallest absolute Gasteiger partial charge is 0.323 e. The second kappa shape index (κ2) is 27.0. The number of nitriles is 1. The molecule has 4 atom stereocenters. The van der Waals surface area contributed by atoms with Gasteiger partial charge >= 0.3 is 11.9 Å². The van der Waals surface area contributed by atoms with Crippen molar-refractivity contribution in [1.29, 1.82) is 10.7 Å². The molecule has 0 saturated heterocycles. The number of aliphatic carboxylic acids is 2. The number of hydrogen-bond acceptors (Lipinski definition) is 14. The molecule has 5 N–H and O–H groups in total. The van der Waals surface area contributed by atoms with E-state index in [1.54, 1.807) is 68.8 Å². The largest absolute Gasteiger partial charge is 0.488 e. The molecule has 2 heterocycles. The van der Waals surface area contributed by atoms with E-state index in [4.69, 9.17) is 57.0 Å². The first kappa shape index (κ1) is 60.1. The standard InChI is InChI=1S/C60H68Cl2N6O10/c1-35-43(33-75-53-21-51(73-31-41-17-39(23-63)25-65-27-41)45(19-49(53)61)29-67-55(57(69)70)37(3)77-59(5,6)7)13-11-15-47(35)48-16-12-14-44(36(48)2)34-76-54-22-52(74-32-42-18-40(24-64)26-66-28-42)46(20-50(54)62)30-68-56(58(71)72)38(4)78-60(8,9)10/h11-23,25-28,37-38,55-56,63,67-68H,29-34H2,1-10H3,(H,69,70)(H,71,72)/t37-,38-,55+,56+/m1/s1. The van der Waals surface area contributed by atoms with Crippen LogP contribution in [0.3, 0.4) is 0 Å². The van der Waals surface area contributed by atoms with E-state index < -0.39 is 47.4 Å². The van der Waals surface area contributed by atoms with Crippen LogP contribution in [-0.4, -0.2) is 73.8 Å². The summed E-state index contributed by atoms with van der Waals surface area (Å²) in [7, 11) is 0. The quantitative estimate of drug-likeness (QED) is 0.0318. The first-order chi connectivity index (χ1) is 36.9. The van der Waals surface area contributed by atoms with Crippen molar-refractivity contribution in [2.45, 2.75) is 144 Å². The van der Waals surface area contributed by atoms with Crippen molar-refractivity contribution in [2.24, 2.45) is 0 Å². The van der Waals surface area contributed by atoms with Crippen LogP contribution in [0.15, 0.2) is 97.6 Å². The highest BCUT2D eigenvalue weighted by Gasteiger charge is 2.31. The van der Waals surface area contributed by atoms with Crippen LogP contribution in [0.1, 0.15) is 111 Å². The number of nitrogens with one attached hydrogen (secondary N) is 3. The van der Waals surface area contributed by atoms with E-state index >= 15 is 0 Å². The van der Waals surface area contributed by atoms with Gasteiger partial charge in [0.1, 0.15) is 67.6 Å². The lowest BCUT2D eigenvalue weighted by atomic mass is 9.92. The van der Waals surface area contributed by atoms with Crippen molar-refractivity contribution in [3.8, 4) is 40.2 Å². The Morgan fingerprint density at radius 2 is 1.05 bits per heavy atom. The predicted molar refractivity (Wildman–Crippen MR) is 300 cm³/mol. The minimum Gasteiger partial charge on any atom is -0.488 e. The van der Waals surface area contributed by atoms with E-state index in [0.29, 0.717) is 55.8 Å². The Hall–Kier alpha value is -7.10. The van der Waals surface area contributed by atoms with Gasteiger partial charge in [-0.05, 0) is 127 Å². The molecule has 0 bridgehead atoms. The second-order valence-electron chi connectivity index (χ2n) is 20.8. The van der Waals surface area contributed by atoms with Gasteiger partial charge in [0.15, 0.2) is 0 Å². The number of aromatic nitrogens is 2. The molecule has 0 aliphatic carbocycles. The number of halogens is 2. The average Bonchev–Trinajstić information content (AvgIpc) is 3.46. The van der Waals surface area contributed by atoms with Crippen LogP contribution in [0.25, 0.3) is 11.1 Å². The summed E-state index contributed by atoms with van der Waals surface area (Å²) >= 11 is 13.8. The van der Waals surface area contributed by atoms with Crippen LogP contribution in [0.4, 0.5) is 0 Å². The molecule has 0 fully saturated rings. The number of benzene rings is 4. The van der Waals surface area contributed by atoms with E-state index in [9.17, 15) is 25.1 Å². The van der Waals surface area contributed by atoms with Crippen molar-refractivity contribution in [1.82, 2.24) is 20.6 Å². The van der Waals surface area contributed by atoms with Gasteiger partial charge in [-0.2, -0.15) is 5.26 Å². The third-order valence-electron chi connectivity index (χ3n) is 12.4. The fourth-order valence-corrected chi connectivity index (χ4v) is 9.19. The second-order valence-corrected chi connectivity index (χ2v) is 21.7. The lowest BCUT2D eigenvalue weighted by Crippen LogP contribution is -2.47. The molecule has 0 spiro atoms. The summed E-state index contributed by atoms with van der Waals surface area (Å²) in [5.41, 5.74) is 8.12. The van der Waals surface area contributed by atoms with E-state index in [-0.39, 0.29) is 44.5 Å². The molecule has 0 amide bonds. The number of pyridine rings is 2. The van der Waals surface area contributed by atoms with Crippen molar-refractivity contribution in [2.75, 3.05) is 0 Å². The Balaban J connectivity index is 1.22. The zero-order chi connectivity index (χ0) is 56.9. The molecule has 0 aliphatic heterocycles. The minimum atomic E-state index is -1.07. The lowest BCUT2D eigenvalue weighted by molar-refractivity contribution is -0.148. The summed E-state index contributed by atoms with van der Waals surface area (Å²) in [5, 5.41) is 44.2. The zero-order valence-electron chi connectivity index (χ0n) is 45.6. The maximum atomic E-state index is 12.4. The molecule has 0 unspecified atom stereocenters. The van der Waals surface area contributed by atoms with Crippen molar-refractivity contribution in [3.05, 3.63) is 163 Å². The summed E-state index contributed by atoms with van der Waals surface area (Å²) < 4.78 is 37.5. The summed E-state index contributed by atoms with van der Waals surface area (Å²) in [6.45, 7) is 19.3. The number of nitrogens with zero attached hydrogens (tertiary/aromatic N) is 3. The normalized spacial score (nSPS) is 13.2. The van der Waals surface area contributed by atoms with Crippen LogP contribution < -0.4 is 29.6 Å². The molecule has 0 radical (unpaired) electrons. The highest BCUT2D eigenvalue weighted by atomic mass is 35.5. The molecule has 18 heteroatoms. The molecule has 0 saturated carbocycles. The summed E-state index contributed by atoms with van der Waals surface area (Å²) in [6, 6.07) is 22.2. The molecule has 16 nitrogen and oxygen atoms in total. The number of carboxylic acids is 2. The van der Waals surface area contributed by atoms with Crippen LogP contribution in [0.5, 0.6) is 23.0 Å². The van der Waals surface area contributed by atoms with Gasteiger partial charge in [0.05, 0.1) is 39.0 Å². The number of ether oxygens (including phenoxy) is 6. The Bertz CT molecular complexity index is 3130. The summed E-state index contributed by atoms with van der Waals surface area (Å²) in [5.74, 6) is -0.644. The van der Waals surface area contributed by atoms with Gasteiger partial charge in [-0.25, -0.2) is 0 Å². The highest BCUT2D eigenvalue weighted by Crippen LogP contribution is 2.38. The molecular formula is C60H68Cl2N6O10. The number of carboxylic acid groups (broad SMARTS) is 2. The molecule has 78 heavy (non-hydrogen) atoms. The van der Waals surface area contributed by atoms with Crippen LogP contribution in [0.2, 0.25) is 10.0 Å². The average molecular weight is 1100 g/mol. The van der Waals surface area contributed by atoms with E-state index in [2.05, 4.69) is 26.7 Å². The zero-order valence-corrected chi connectivity index (χ0v) is 47.1. The van der Waals surface area contributed by atoms with Gasteiger partial charge in [-0.3, -0.25) is 30.2 Å². The fourth-order valence-electron chi connectivity index (χ4n) is 8.71. The lowest BCUT2D eigenvalue weighted by Gasteiger charge is -2.29. The predicted octanol–water partition coefficient (Wildman–Crippen LogP) is 11.7. The molecule has 6 rings (SSSR count). The first-order valence-electron chi connectivity index (χ1n) is 25.3. The van der Waals surface area contributed by atoms with Crippen LogP contribution >= 0.6 is 23.2 Å². The fraction of sp³-hybridized carbons (Fsp3) is 0.367. The third-order valence-corrected chi connectivity index (χ3v) is 13.0.